The minimum absolute atomic E-state index is 0.0410. The monoisotopic (exact) mass is 252 g/mol. The summed E-state index contributed by atoms with van der Waals surface area (Å²) in [6.45, 7) is 4.02. The van der Waals surface area contributed by atoms with Crippen LogP contribution < -0.4 is 0 Å². The average Bonchev–Trinajstić information content (AvgIpc) is 2.26. The fourth-order valence-electron chi connectivity index (χ4n) is 1.37. The molecule has 0 fully saturated rings. The van der Waals surface area contributed by atoms with E-state index < -0.39 is 5.97 Å². The first-order valence-electron chi connectivity index (χ1n) is 5.47. The van der Waals surface area contributed by atoms with Gasteiger partial charge >= 0.3 is 5.97 Å². The number of aliphatic carboxylic acids is 1. The lowest BCUT2D eigenvalue weighted by atomic mass is 10.0. The molecule has 4 heteroatoms. The lowest BCUT2D eigenvalue weighted by Gasteiger charge is -2.05. The molecule has 0 aliphatic carbocycles. The second-order valence-electron chi connectivity index (χ2n) is 4.23. The Labute approximate surface area is 105 Å². The molecule has 0 aromatic heterocycles. The molecule has 1 aromatic rings. The highest BCUT2D eigenvalue weighted by Crippen LogP contribution is 2.19. The Morgan fingerprint density at radius 2 is 1.82 bits per heavy atom. The molecule has 0 atom stereocenters. The summed E-state index contributed by atoms with van der Waals surface area (Å²) in [5.74, 6) is -0.312. The average molecular weight is 252 g/mol. The second kappa shape index (κ2) is 6.45. The first kappa shape index (κ1) is 13.8. The van der Waals surface area contributed by atoms with Gasteiger partial charge in [0.25, 0.3) is 0 Å². The number of thioether (sulfide) groups is 1. The number of carboxylic acid groups (broad SMARTS) is 1. The molecule has 0 spiro atoms. The zero-order chi connectivity index (χ0) is 12.8. The molecule has 0 aliphatic heterocycles. The SMILES string of the molecule is CC(C)CC(=O)c1ccc(SCC(=O)O)cc1. The molecular weight excluding hydrogens is 236 g/mol. The molecule has 0 heterocycles. The van der Waals surface area contributed by atoms with Crippen LogP contribution in [0.5, 0.6) is 0 Å². The molecule has 3 nitrogen and oxygen atoms in total. The molecule has 0 radical (unpaired) electrons. The predicted octanol–water partition coefficient (Wildman–Crippen LogP) is 3.09. The van der Waals surface area contributed by atoms with Crippen LogP contribution in [0.4, 0.5) is 0 Å². The summed E-state index contributed by atoms with van der Waals surface area (Å²) in [4.78, 5) is 23.0. The second-order valence-corrected chi connectivity index (χ2v) is 5.28. The molecule has 0 unspecified atom stereocenters. The van der Waals surface area contributed by atoms with Crippen LogP contribution in [0, 0.1) is 5.92 Å². The zero-order valence-electron chi connectivity index (χ0n) is 9.97. The van der Waals surface area contributed by atoms with Gasteiger partial charge in [0, 0.05) is 16.9 Å². The van der Waals surface area contributed by atoms with E-state index in [-0.39, 0.29) is 11.5 Å². The number of rotatable bonds is 6. The summed E-state index contributed by atoms with van der Waals surface area (Å²) in [5.41, 5.74) is 0.693. The fraction of sp³-hybridized carbons (Fsp3) is 0.385. The Hall–Kier alpha value is -1.29. The topological polar surface area (TPSA) is 54.4 Å². The van der Waals surface area contributed by atoms with Crippen LogP contribution in [-0.2, 0) is 4.79 Å². The number of carbonyl (C=O) groups is 2. The van der Waals surface area contributed by atoms with Crippen molar-refractivity contribution >= 4 is 23.5 Å². The highest BCUT2D eigenvalue weighted by molar-refractivity contribution is 8.00. The molecule has 1 N–H and O–H groups in total. The molecule has 0 saturated heterocycles. The van der Waals surface area contributed by atoms with Gasteiger partial charge in [-0.05, 0) is 18.1 Å². The quantitative estimate of drug-likeness (QED) is 0.624. The van der Waals surface area contributed by atoms with E-state index in [2.05, 4.69) is 0 Å². The third-order valence-corrected chi connectivity index (χ3v) is 3.13. The van der Waals surface area contributed by atoms with Crippen LogP contribution in [0.15, 0.2) is 29.2 Å². The largest absolute Gasteiger partial charge is 0.481 e. The molecule has 0 saturated carbocycles. The smallest absolute Gasteiger partial charge is 0.313 e. The van der Waals surface area contributed by atoms with Crippen molar-refractivity contribution in [3.63, 3.8) is 0 Å². The van der Waals surface area contributed by atoms with Crippen molar-refractivity contribution in [1.29, 1.82) is 0 Å². The number of benzene rings is 1. The summed E-state index contributed by atoms with van der Waals surface area (Å²) in [7, 11) is 0. The number of hydrogen-bond donors (Lipinski definition) is 1. The molecule has 0 amide bonds. The van der Waals surface area contributed by atoms with Crippen LogP contribution in [-0.4, -0.2) is 22.6 Å². The minimum atomic E-state index is -0.838. The van der Waals surface area contributed by atoms with Crippen LogP contribution >= 0.6 is 11.8 Å². The highest BCUT2D eigenvalue weighted by atomic mass is 32.2. The van der Waals surface area contributed by atoms with Gasteiger partial charge in [0.05, 0.1) is 5.75 Å². The highest BCUT2D eigenvalue weighted by Gasteiger charge is 2.08. The van der Waals surface area contributed by atoms with E-state index in [0.29, 0.717) is 17.9 Å². The summed E-state index contributed by atoms with van der Waals surface area (Å²) in [6.07, 6.45) is 0.543. The maximum absolute atomic E-state index is 11.7. The van der Waals surface area contributed by atoms with E-state index >= 15 is 0 Å². The van der Waals surface area contributed by atoms with Crippen molar-refractivity contribution in [3.05, 3.63) is 29.8 Å². The van der Waals surface area contributed by atoms with E-state index in [9.17, 15) is 9.59 Å². The van der Waals surface area contributed by atoms with Gasteiger partial charge in [-0.1, -0.05) is 26.0 Å². The zero-order valence-corrected chi connectivity index (χ0v) is 10.8. The lowest BCUT2D eigenvalue weighted by Crippen LogP contribution is -2.03. The van der Waals surface area contributed by atoms with Crippen LogP contribution in [0.1, 0.15) is 30.6 Å². The number of ketones is 1. The Kier molecular flexibility index (Phi) is 5.22. The lowest BCUT2D eigenvalue weighted by molar-refractivity contribution is -0.133. The number of carbonyl (C=O) groups excluding carboxylic acids is 1. The van der Waals surface area contributed by atoms with Gasteiger partial charge in [0.15, 0.2) is 5.78 Å². The third kappa shape index (κ3) is 5.04. The van der Waals surface area contributed by atoms with Crippen molar-refractivity contribution in [2.24, 2.45) is 5.92 Å². The predicted molar refractivity (Wildman–Crippen MR) is 68.6 cm³/mol. The molecule has 17 heavy (non-hydrogen) atoms. The van der Waals surface area contributed by atoms with Gasteiger partial charge in [0.2, 0.25) is 0 Å². The van der Waals surface area contributed by atoms with Gasteiger partial charge in [0.1, 0.15) is 0 Å². The van der Waals surface area contributed by atoms with E-state index in [1.165, 1.54) is 11.8 Å². The Morgan fingerprint density at radius 3 is 2.29 bits per heavy atom. The molecule has 0 aliphatic rings. The fourth-order valence-corrected chi connectivity index (χ4v) is 1.99. The summed E-state index contributed by atoms with van der Waals surface area (Å²) >= 11 is 1.25. The molecule has 1 rings (SSSR count). The van der Waals surface area contributed by atoms with Gasteiger partial charge in [-0.15, -0.1) is 11.8 Å². The van der Waals surface area contributed by atoms with Crippen LogP contribution in [0.3, 0.4) is 0 Å². The summed E-state index contributed by atoms with van der Waals surface area (Å²) in [6, 6.07) is 7.10. The molecule has 1 aromatic carbocycles. The first-order chi connectivity index (χ1) is 7.99. The van der Waals surface area contributed by atoms with Gasteiger partial charge in [-0.25, -0.2) is 0 Å². The maximum Gasteiger partial charge on any atom is 0.313 e. The van der Waals surface area contributed by atoms with Crippen LogP contribution in [0.2, 0.25) is 0 Å². The molecular formula is C13H16O3S. The third-order valence-electron chi connectivity index (χ3n) is 2.13. The van der Waals surface area contributed by atoms with Crippen molar-refractivity contribution in [2.45, 2.75) is 25.2 Å². The number of Topliss-reactive ketones (excluding diaryl/α,β-unsaturated/α-hetero) is 1. The first-order valence-corrected chi connectivity index (χ1v) is 6.45. The number of carboxylic acids is 1. The summed E-state index contributed by atoms with van der Waals surface area (Å²) in [5, 5.41) is 8.54. The van der Waals surface area contributed by atoms with Crippen LogP contribution in [0.25, 0.3) is 0 Å². The Balaban J connectivity index is 2.61. The Morgan fingerprint density at radius 1 is 1.24 bits per heavy atom. The minimum Gasteiger partial charge on any atom is -0.481 e. The standard InChI is InChI=1S/C13H16O3S/c1-9(2)7-12(14)10-3-5-11(6-4-10)17-8-13(15)16/h3-6,9H,7-8H2,1-2H3,(H,15,16). The van der Waals surface area contributed by atoms with Crippen molar-refractivity contribution in [2.75, 3.05) is 5.75 Å². The summed E-state index contributed by atoms with van der Waals surface area (Å²) < 4.78 is 0. The molecule has 92 valence electrons. The van der Waals surface area contributed by atoms with Gasteiger partial charge in [-0.2, -0.15) is 0 Å². The van der Waals surface area contributed by atoms with Crippen molar-refractivity contribution in [3.8, 4) is 0 Å². The normalized spacial score (nSPS) is 10.5. The maximum atomic E-state index is 11.7. The van der Waals surface area contributed by atoms with Gasteiger partial charge in [-0.3, -0.25) is 9.59 Å². The van der Waals surface area contributed by atoms with Gasteiger partial charge < -0.3 is 5.11 Å². The number of hydrogen-bond acceptors (Lipinski definition) is 3. The van der Waals surface area contributed by atoms with Crippen molar-refractivity contribution in [1.82, 2.24) is 0 Å². The van der Waals surface area contributed by atoms with E-state index in [1.807, 2.05) is 13.8 Å². The van der Waals surface area contributed by atoms with E-state index in [4.69, 9.17) is 5.11 Å². The molecule has 0 bridgehead atoms. The van der Waals surface area contributed by atoms with E-state index in [0.717, 1.165) is 4.90 Å². The van der Waals surface area contributed by atoms with E-state index in [1.54, 1.807) is 24.3 Å². The Bertz CT molecular complexity index is 396. The van der Waals surface area contributed by atoms with Crippen molar-refractivity contribution < 1.29 is 14.7 Å².